The summed E-state index contributed by atoms with van der Waals surface area (Å²) in [5.74, 6) is 0.830. The highest BCUT2D eigenvalue weighted by molar-refractivity contribution is 9.10. The predicted octanol–water partition coefficient (Wildman–Crippen LogP) is 3.03. The maximum absolute atomic E-state index is 5.65. The molecule has 2 aromatic rings. The quantitative estimate of drug-likeness (QED) is 0.868. The molecule has 0 spiro atoms. The van der Waals surface area contributed by atoms with E-state index in [1.54, 1.807) is 0 Å². The minimum Gasteiger partial charge on any atom is -0.487 e. The molecule has 0 atom stereocenters. The second kappa shape index (κ2) is 4.65. The fraction of sp³-hybridized carbons (Fsp3) is 0.273. The van der Waals surface area contributed by atoms with Crippen molar-refractivity contribution >= 4 is 15.9 Å². The van der Waals surface area contributed by atoms with Crippen molar-refractivity contribution in [1.82, 2.24) is 10.3 Å². The van der Waals surface area contributed by atoms with Gasteiger partial charge in [0.2, 0.25) is 0 Å². The Morgan fingerprint density at radius 2 is 2.12 bits per heavy atom. The predicted molar refractivity (Wildman–Crippen MR) is 62.2 cm³/mol. The zero-order valence-corrected chi connectivity index (χ0v) is 10.6. The minimum atomic E-state index is 0.368. The van der Waals surface area contributed by atoms with Crippen LogP contribution in [-0.4, -0.2) is 10.3 Å². The first-order valence-electron chi connectivity index (χ1n) is 4.84. The van der Waals surface area contributed by atoms with Crippen LogP contribution >= 0.6 is 15.9 Å². The summed E-state index contributed by atoms with van der Waals surface area (Å²) in [5.41, 5.74) is 2.56. The first-order chi connectivity index (χ1) is 7.66. The summed E-state index contributed by atoms with van der Waals surface area (Å²) in [6.07, 6.45) is 0. The highest BCUT2D eigenvalue weighted by Crippen LogP contribution is 2.23. The molecule has 0 aliphatic rings. The average molecular weight is 283 g/mol. The smallest absolute Gasteiger partial charge is 0.145 e. The number of nitrogens with zero attached hydrogens (tertiary/aromatic N) is 2. The number of aromatic nitrogens is 2. The Morgan fingerprint density at radius 1 is 1.31 bits per heavy atom. The summed E-state index contributed by atoms with van der Waals surface area (Å²) in [6.45, 7) is 4.20. The van der Waals surface area contributed by atoms with Gasteiger partial charge in [-0.2, -0.15) is 0 Å². The van der Waals surface area contributed by atoms with Crippen LogP contribution in [0, 0.1) is 13.8 Å². The van der Waals surface area contributed by atoms with Crippen molar-refractivity contribution in [3.8, 4) is 5.75 Å². The number of rotatable bonds is 3. The number of ether oxygens (including phenoxy) is 1. The minimum absolute atomic E-state index is 0.368. The molecule has 5 heteroatoms. The average Bonchev–Trinajstić information content (AvgIpc) is 2.66. The molecule has 0 aliphatic carbocycles. The van der Waals surface area contributed by atoms with Gasteiger partial charge in [-0.3, -0.25) is 0 Å². The lowest BCUT2D eigenvalue weighted by atomic mass is 10.2. The molecule has 1 aromatic carbocycles. The van der Waals surface area contributed by atoms with E-state index in [-0.39, 0.29) is 0 Å². The molecule has 0 bridgehead atoms. The molecule has 1 aromatic heterocycles. The summed E-state index contributed by atoms with van der Waals surface area (Å²) in [6, 6.07) is 5.90. The molecule has 4 nitrogen and oxygen atoms in total. The van der Waals surface area contributed by atoms with Crippen molar-refractivity contribution in [3.63, 3.8) is 0 Å². The van der Waals surface area contributed by atoms with Crippen LogP contribution in [-0.2, 0) is 6.61 Å². The Balaban J connectivity index is 2.10. The van der Waals surface area contributed by atoms with Gasteiger partial charge in [0.05, 0.1) is 0 Å². The van der Waals surface area contributed by atoms with Gasteiger partial charge in [-0.15, -0.1) is 0 Å². The van der Waals surface area contributed by atoms with Gasteiger partial charge in [0.15, 0.2) is 0 Å². The lowest BCUT2D eigenvalue weighted by Crippen LogP contribution is -1.99. The van der Waals surface area contributed by atoms with Crippen LogP contribution < -0.4 is 4.74 Å². The monoisotopic (exact) mass is 282 g/mol. The lowest BCUT2D eigenvalue weighted by molar-refractivity contribution is 0.269. The third-order valence-corrected chi connectivity index (χ3v) is 2.75. The fourth-order valence-electron chi connectivity index (χ4n) is 1.26. The van der Waals surface area contributed by atoms with E-state index in [0.717, 1.165) is 27.2 Å². The van der Waals surface area contributed by atoms with E-state index in [0.29, 0.717) is 6.61 Å². The van der Waals surface area contributed by atoms with Crippen LogP contribution in [0.15, 0.2) is 27.3 Å². The molecule has 0 N–H and O–H groups in total. The van der Waals surface area contributed by atoms with Crippen LogP contribution in [0.2, 0.25) is 0 Å². The van der Waals surface area contributed by atoms with E-state index >= 15 is 0 Å². The van der Waals surface area contributed by atoms with Crippen LogP contribution in [0.4, 0.5) is 0 Å². The first kappa shape index (κ1) is 11.1. The molecule has 1 heterocycles. The normalized spacial score (nSPS) is 10.4. The second-order valence-corrected chi connectivity index (χ2v) is 4.41. The largest absolute Gasteiger partial charge is 0.487 e. The number of hydrogen-bond acceptors (Lipinski definition) is 4. The van der Waals surface area contributed by atoms with Crippen molar-refractivity contribution < 1.29 is 9.37 Å². The van der Waals surface area contributed by atoms with E-state index in [9.17, 15) is 0 Å². The zero-order valence-electron chi connectivity index (χ0n) is 9.03. The van der Waals surface area contributed by atoms with Crippen LogP contribution in [0.5, 0.6) is 5.75 Å². The number of aryl methyl sites for hydroxylation is 2. The van der Waals surface area contributed by atoms with E-state index < -0.39 is 0 Å². The number of halogens is 1. The van der Waals surface area contributed by atoms with Crippen molar-refractivity contribution in [2.45, 2.75) is 20.5 Å². The molecule has 2 rings (SSSR count). The van der Waals surface area contributed by atoms with E-state index in [1.165, 1.54) is 0 Å². The van der Waals surface area contributed by atoms with Crippen LogP contribution in [0.3, 0.4) is 0 Å². The molecule has 0 saturated heterocycles. The summed E-state index contributed by atoms with van der Waals surface area (Å²) in [4.78, 5) is 0. The first-order valence-corrected chi connectivity index (χ1v) is 5.63. The van der Waals surface area contributed by atoms with Crippen LogP contribution in [0.1, 0.15) is 17.0 Å². The van der Waals surface area contributed by atoms with Gasteiger partial charge in [-0.1, -0.05) is 32.3 Å². The molecule has 0 fully saturated rings. The molecule has 0 amide bonds. The molecule has 0 saturated carbocycles. The Kier molecular flexibility index (Phi) is 3.24. The summed E-state index contributed by atoms with van der Waals surface area (Å²) in [5, 5.41) is 7.45. The van der Waals surface area contributed by atoms with Gasteiger partial charge in [-0.25, -0.2) is 4.63 Å². The van der Waals surface area contributed by atoms with Crippen molar-refractivity contribution in [1.29, 1.82) is 0 Å². The highest BCUT2D eigenvalue weighted by atomic mass is 79.9. The molecular formula is C11H11BrN2O2. The number of benzene rings is 1. The topological polar surface area (TPSA) is 48.2 Å². The Labute approximate surface area is 102 Å². The lowest BCUT2D eigenvalue weighted by Gasteiger charge is -2.07. The van der Waals surface area contributed by atoms with Crippen LogP contribution in [0.25, 0.3) is 0 Å². The third kappa shape index (κ3) is 2.41. The summed E-state index contributed by atoms with van der Waals surface area (Å²) in [7, 11) is 0. The Hall–Kier alpha value is -1.36. The molecule has 0 unspecified atom stereocenters. The van der Waals surface area contributed by atoms with E-state index in [1.807, 2.05) is 32.0 Å². The van der Waals surface area contributed by atoms with E-state index in [2.05, 4.69) is 30.9 Å². The van der Waals surface area contributed by atoms with Gasteiger partial charge >= 0.3 is 0 Å². The molecular weight excluding hydrogens is 272 g/mol. The zero-order chi connectivity index (χ0) is 11.5. The van der Waals surface area contributed by atoms with Gasteiger partial charge in [0, 0.05) is 4.47 Å². The third-order valence-electron chi connectivity index (χ3n) is 2.26. The van der Waals surface area contributed by atoms with Crippen molar-refractivity contribution in [2.75, 3.05) is 0 Å². The molecule has 16 heavy (non-hydrogen) atoms. The molecule has 0 radical (unpaired) electrons. The van der Waals surface area contributed by atoms with E-state index in [4.69, 9.17) is 4.74 Å². The Bertz CT molecular complexity index is 496. The maximum atomic E-state index is 5.65. The standard InChI is InChI=1S/C11H11BrN2O2/c1-7-3-4-9(12)5-11(7)15-6-10-8(2)13-16-14-10/h3-5H,6H2,1-2H3. The van der Waals surface area contributed by atoms with Gasteiger partial charge in [0.25, 0.3) is 0 Å². The molecule has 84 valence electrons. The number of hydrogen-bond donors (Lipinski definition) is 0. The Morgan fingerprint density at radius 3 is 2.81 bits per heavy atom. The maximum Gasteiger partial charge on any atom is 0.145 e. The van der Waals surface area contributed by atoms with Crippen molar-refractivity contribution in [2.24, 2.45) is 0 Å². The van der Waals surface area contributed by atoms with Gasteiger partial charge in [0.1, 0.15) is 23.7 Å². The molecule has 0 aliphatic heterocycles. The van der Waals surface area contributed by atoms with Crippen molar-refractivity contribution in [3.05, 3.63) is 39.6 Å². The van der Waals surface area contributed by atoms with Gasteiger partial charge < -0.3 is 4.74 Å². The highest BCUT2D eigenvalue weighted by Gasteiger charge is 2.07. The summed E-state index contributed by atoms with van der Waals surface area (Å²) >= 11 is 3.40. The summed E-state index contributed by atoms with van der Waals surface area (Å²) < 4.78 is 11.2. The second-order valence-electron chi connectivity index (χ2n) is 3.49. The SMILES string of the molecule is Cc1ccc(Br)cc1OCc1nonc1C. The van der Waals surface area contributed by atoms with Gasteiger partial charge in [-0.05, 0) is 31.5 Å². The fourth-order valence-corrected chi connectivity index (χ4v) is 1.60.